The summed E-state index contributed by atoms with van der Waals surface area (Å²) in [6, 6.07) is 5.86. The monoisotopic (exact) mass is 355 g/mol. The molecule has 3 atom stereocenters. The fourth-order valence-electron chi connectivity index (χ4n) is 3.51. The third-order valence-corrected chi connectivity index (χ3v) is 5.33. The molecular formula is C18H27BrFN. The molecule has 0 radical (unpaired) electrons. The average molecular weight is 356 g/mol. The highest BCUT2D eigenvalue weighted by Crippen LogP contribution is 2.36. The summed E-state index contributed by atoms with van der Waals surface area (Å²) in [6.07, 6.45) is 7.15. The zero-order valence-corrected chi connectivity index (χ0v) is 14.8. The van der Waals surface area contributed by atoms with Gasteiger partial charge in [-0.1, -0.05) is 48.7 Å². The highest BCUT2D eigenvalue weighted by atomic mass is 79.9. The maximum absolute atomic E-state index is 14.1. The first-order valence-electron chi connectivity index (χ1n) is 8.31. The molecule has 1 aromatic rings. The summed E-state index contributed by atoms with van der Waals surface area (Å²) in [5.41, 5.74) is 0.840. The van der Waals surface area contributed by atoms with Gasteiger partial charge in [0.2, 0.25) is 0 Å². The zero-order chi connectivity index (χ0) is 15.2. The number of hydrogen-bond acceptors (Lipinski definition) is 1. The van der Waals surface area contributed by atoms with E-state index < -0.39 is 0 Å². The minimum atomic E-state index is -0.0855. The SMILES string of the molecule is CCCNC(Cc1ccc(Br)cc1F)C1CCC(CC)C1. The Morgan fingerprint density at radius 2 is 2.14 bits per heavy atom. The van der Waals surface area contributed by atoms with Gasteiger partial charge in [-0.3, -0.25) is 0 Å². The van der Waals surface area contributed by atoms with Crippen molar-refractivity contribution in [2.75, 3.05) is 6.54 Å². The van der Waals surface area contributed by atoms with Crippen molar-refractivity contribution in [2.24, 2.45) is 11.8 Å². The minimum Gasteiger partial charge on any atom is -0.313 e. The molecule has 0 heterocycles. The molecular weight excluding hydrogens is 329 g/mol. The van der Waals surface area contributed by atoms with E-state index in [2.05, 4.69) is 35.1 Å². The van der Waals surface area contributed by atoms with Gasteiger partial charge in [0.1, 0.15) is 5.82 Å². The third kappa shape index (κ3) is 4.79. The maximum Gasteiger partial charge on any atom is 0.127 e. The van der Waals surface area contributed by atoms with Gasteiger partial charge in [0, 0.05) is 10.5 Å². The van der Waals surface area contributed by atoms with Crippen LogP contribution in [0.2, 0.25) is 0 Å². The zero-order valence-electron chi connectivity index (χ0n) is 13.2. The van der Waals surface area contributed by atoms with Crippen molar-refractivity contribution in [3.05, 3.63) is 34.1 Å². The average Bonchev–Trinajstić information content (AvgIpc) is 2.94. The topological polar surface area (TPSA) is 12.0 Å². The van der Waals surface area contributed by atoms with Crippen LogP contribution >= 0.6 is 15.9 Å². The van der Waals surface area contributed by atoms with Crippen LogP contribution in [0, 0.1) is 17.7 Å². The molecule has 0 saturated heterocycles. The second-order valence-corrected chi connectivity index (χ2v) is 7.26. The molecule has 1 aromatic carbocycles. The first kappa shape index (κ1) is 17.0. The molecule has 21 heavy (non-hydrogen) atoms. The van der Waals surface area contributed by atoms with E-state index >= 15 is 0 Å². The van der Waals surface area contributed by atoms with E-state index in [0.717, 1.165) is 35.3 Å². The van der Waals surface area contributed by atoms with Gasteiger partial charge in [0.05, 0.1) is 0 Å². The van der Waals surface area contributed by atoms with Crippen molar-refractivity contribution < 1.29 is 4.39 Å². The van der Waals surface area contributed by atoms with Crippen LogP contribution in [0.5, 0.6) is 0 Å². The highest BCUT2D eigenvalue weighted by Gasteiger charge is 2.30. The molecule has 1 fully saturated rings. The van der Waals surface area contributed by atoms with E-state index in [-0.39, 0.29) is 5.82 Å². The molecule has 1 aliphatic rings. The summed E-state index contributed by atoms with van der Waals surface area (Å²) >= 11 is 3.33. The van der Waals surface area contributed by atoms with Crippen molar-refractivity contribution in [2.45, 2.75) is 58.4 Å². The first-order chi connectivity index (χ1) is 10.1. The van der Waals surface area contributed by atoms with Crippen molar-refractivity contribution in [1.29, 1.82) is 0 Å². The van der Waals surface area contributed by atoms with Crippen LogP contribution in [0.15, 0.2) is 22.7 Å². The van der Waals surface area contributed by atoms with Crippen LogP contribution in [0.4, 0.5) is 4.39 Å². The number of rotatable bonds is 7. The highest BCUT2D eigenvalue weighted by molar-refractivity contribution is 9.10. The quantitative estimate of drug-likeness (QED) is 0.697. The molecule has 1 nitrogen and oxygen atoms in total. The summed E-state index contributed by atoms with van der Waals surface area (Å²) in [5.74, 6) is 1.48. The van der Waals surface area contributed by atoms with E-state index in [1.807, 2.05) is 12.1 Å². The largest absolute Gasteiger partial charge is 0.313 e. The number of nitrogens with one attached hydrogen (secondary N) is 1. The van der Waals surface area contributed by atoms with Crippen molar-refractivity contribution in [3.8, 4) is 0 Å². The lowest BCUT2D eigenvalue weighted by molar-refractivity contribution is 0.341. The molecule has 3 heteroatoms. The fourth-order valence-corrected chi connectivity index (χ4v) is 3.84. The Bertz CT molecular complexity index is 449. The predicted octanol–water partition coefficient (Wildman–Crippen LogP) is 5.33. The Balaban J connectivity index is 2.05. The van der Waals surface area contributed by atoms with E-state index in [1.165, 1.54) is 25.7 Å². The number of benzene rings is 1. The smallest absolute Gasteiger partial charge is 0.127 e. The maximum atomic E-state index is 14.1. The van der Waals surface area contributed by atoms with Crippen molar-refractivity contribution in [3.63, 3.8) is 0 Å². The van der Waals surface area contributed by atoms with Crippen LogP contribution < -0.4 is 5.32 Å². The second kappa shape index (κ2) is 8.28. The second-order valence-electron chi connectivity index (χ2n) is 6.35. The summed E-state index contributed by atoms with van der Waals surface area (Å²) in [7, 11) is 0. The number of hydrogen-bond donors (Lipinski definition) is 1. The lowest BCUT2D eigenvalue weighted by Gasteiger charge is -2.25. The molecule has 0 spiro atoms. The minimum absolute atomic E-state index is 0.0855. The molecule has 3 unspecified atom stereocenters. The van der Waals surface area contributed by atoms with E-state index in [9.17, 15) is 4.39 Å². The lowest BCUT2D eigenvalue weighted by atomic mass is 9.90. The van der Waals surface area contributed by atoms with Crippen LogP contribution in [-0.2, 0) is 6.42 Å². The molecule has 1 N–H and O–H groups in total. The Morgan fingerprint density at radius 1 is 1.33 bits per heavy atom. The Kier molecular flexibility index (Phi) is 6.69. The van der Waals surface area contributed by atoms with Gasteiger partial charge in [-0.15, -0.1) is 0 Å². The van der Waals surface area contributed by atoms with Crippen LogP contribution in [0.1, 0.15) is 51.5 Å². The molecule has 0 bridgehead atoms. The Morgan fingerprint density at radius 3 is 2.76 bits per heavy atom. The van der Waals surface area contributed by atoms with Gasteiger partial charge in [-0.25, -0.2) is 4.39 Å². The molecule has 0 aliphatic heterocycles. The van der Waals surface area contributed by atoms with E-state index in [0.29, 0.717) is 12.0 Å². The standard InChI is InChI=1S/C18H27BrFN/c1-3-9-21-18(15-6-5-13(4-2)10-15)11-14-7-8-16(19)12-17(14)20/h7-8,12-13,15,18,21H,3-6,9-11H2,1-2H3. The van der Waals surface area contributed by atoms with Gasteiger partial charge in [-0.2, -0.15) is 0 Å². The van der Waals surface area contributed by atoms with Gasteiger partial charge in [0.15, 0.2) is 0 Å². The predicted molar refractivity (Wildman–Crippen MR) is 91.0 cm³/mol. The van der Waals surface area contributed by atoms with Crippen molar-refractivity contribution in [1.82, 2.24) is 5.32 Å². The molecule has 0 amide bonds. The Labute approximate surface area is 136 Å². The normalized spacial score (nSPS) is 23.4. The van der Waals surface area contributed by atoms with Gasteiger partial charge < -0.3 is 5.32 Å². The Hall–Kier alpha value is -0.410. The lowest BCUT2D eigenvalue weighted by Crippen LogP contribution is -2.38. The summed E-state index contributed by atoms with van der Waals surface area (Å²) in [5, 5.41) is 3.67. The molecule has 2 rings (SSSR count). The van der Waals surface area contributed by atoms with Crippen LogP contribution in [0.3, 0.4) is 0 Å². The third-order valence-electron chi connectivity index (χ3n) is 4.84. The van der Waals surface area contributed by atoms with E-state index in [4.69, 9.17) is 0 Å². The van der Waals surface area contributed by atoms with Gasteiger partial charge in [-0.05, 0) is 61.8 Å². The fraction of sp³-hybridized carbons (Fsp3) is 0.667. The summed E-state index contributed by atoms with van der Waals surface area (Å²) < 4.78 is 14.9. The van der Waals surface area contributed by atoms with Gasteiger partial charge >= 0.3 is 0 Å². The van der Waals surface area contributed by atoms with Gasteiger partial charge in [0.25, 0.3) is 0 Å². The molecule has 1 saturated carbocycles. The van der Waals surface area contributed by atoms with Crippen LogP contribution in [0.25, 0.3) is 0 Å². The summed E-state index contributed by atoms with van der Waals surface area (Å²) in [4.78, 5) is 0. The van der Waals surface area contributed by atoms with Crippen LogP contribution in [-0.4, -0.2) is 12.6 Å². The number of halogens is 2. The van der Waals surface area contributed by atoms with E-state index in [1.54, 1.807) is 6.07 Å². The summed E-state index contributed by atoms with van der Waals surface area (Å²) in [6.45, 7) is 5.50. The van der Waals surface area contributed by atoms with Crippen molar-refractivity contribution >= 4 is 15.9 Å². The molecule has 1 aliphatic carbocycles. The molecule has 118 valence electrons. The first-order valence-corrected chi connectivity index (χ1v) is 9.10. The molecule has 0 aromatic heterocycles.